The van der Waals surface area contributed by atoms with Gasteiger partial charge in [0.1, 0.15) is 0 Å². The van der Waals surface area contributed by atoms with Gasteiger partial charge in [-0.2, -0.15) is 13.2 Å². The molecule has 6 heteroatoms. The third kappa shape index (κ3) is 2.20. The predicted octanol–water partition coefficient (Wildman–Crippen LogP) is 2.87. The Morgan fingerprint density at radius 2 is 2.12 bits per heavy atom. The SMILES string of the molecule is CC1=CCNc2cc(C(F)(F)F)cnc2N1C. The zero-order valence-electron chi connectivity index (χ0n) is 9.47. The van der Waals surface area contributed by atoms with Crippen molar-refractivity contribution >= 4 is 11.5 Å². The normalized spacial score (nSPS) is 15.8. The fourth-order valence-corrected chi connectivity index (χ4v) is 1.62. The van der Waals surface area contributed by atoms with Gasteiger partial charge in [-0.05, 0) is 19.1 Å². The number of anilines is 2. The Labute approximate surface area is 97.0 Å². The summed E-state index contributed by atoms with van der Waals surface area (Å²) < 4.78 is 37.6. The van der Waals surface area contributed by atoms with Gasteiger partial charge in [0.15, 0.2) is 5.82 Å². The van der Waals surface area contributed by atoms with Crippen molar-refractivity contribution in [3.05, 3.63) is 29.6 Å². The molecule has 1 aliphatic heterocycles. The van der Waals surface area contributed by atoms with Crippen LogP contribution >= 0.6 is 0 Å². The molecule has 92 valence electrons. The number of hydrogen-bond donors (Lipinski definition) is 1. The smallest absolute Gasteiger partial charge is 0.378 e. The van der Waals surface area contributed by atoms with Gasteiger partial charge in [-0.25, -0.2) is 4.98 Å². The fourth-order valence-electron chi connectivity index (χ4n) is 1.62. The minimum atomic E-state index is -4.36. The highest BCUT2D eigenvalue weighted by Crippen LogP contribution is 2.34. The number of allylic oxidation sites excluding steroid dienone is 1. The van der Waals surface area contributed by atoms with Crippen LogP contribution in [0.2, 0.25) is 0 Å². The van der Waals surface area contributed by atoms with Crippen molar-refractivity contribution in [2.45, 2.75) is 13.1 Å². The van der Waals surface area contributed by atoms with Crippen molar-refractivity contribution in [2.75, 3.05) is 23.8 Å². The summed E-state index contributed by atoms with van der Waals surface area (Å²) in [6.07, 6.45) is -1.61. The van der Waals surface area contributed by atoms with Crippen LogP contribution in [-0.4, -0.2) is 18.6 Å². The lowest BCUT2D eigenvalue weighted by molar-refractivity contribution is -0.137. The summed E-state index contributed by atoms with van der Waals surface area (Å²) in [6, 6.07) is 1.09. The topological polar surface area (TPSA) is 28.2 Å². The van der Waals surface area contributed by atoms with Crippen LogP contribution < -0.4 is 10.2 Å². The van der Waals surface area contributed by atoms with Crippen molar-refractivity contribution < 1.29 is 13.2 Å². The minimum absolute atomic E-state index is 0.399. The molecule has 0 bridgehead atoms. The van der Waals surface area contributed by atoms with Crippen LogP contribution in [0, 0.1) is 0 Å². The second-order valence-corrected chi connectivity index (χ2v) is 3.88. The average molecular weight is 243 g/mol. The Balaban J connectivity index is 2.46. The molecule has 3 nitrogen and oxygen atoms in total. The highest BCUT2D eigenvalue weighted by molar-refractivity contribution is 5.69. The van der Waals surface area contributed by atoms with Gasteiger partial charge in [-0.15, -0.1) is 0 Å². The van der Waals surface area contributed by atoms with Gasteiger partial charge in [0, 0.05) is 25.5 Å². The van der Waals surface area contributed by atoms with Crippen LogP contribution in [-0.2, 0) is 6.18 Å². The monoisotopic (exact) mass is 243 g/mol. The number of nitrogens with one attached hydrogen (secondary N) is 1. The lowest BCUT2D eigenvalue weighted by atomic mass is 10.2. The summed E-state index contributed by atoms with van der Waals surface area (Å²) in [7, 11) is 1.78. The van der Waals surface area contributed by atoms with Crippen molar-refractivity contribution in [2.24, 2.45) is 0 Å². The van der Waals surface area contributed by atoms with E-state index >= 15 is 0 Å². The van der Waals surface area contributed by atoms with Crippen LogP contribution in [0.5, 0.6) is 0 Å². The van der Waals surface area contributed by atoms with Gasteiger partial charge in [0.25, 0.3) is 0 Å². The zero-order valence-corrected chi connectivity index (χ0v) is 9.47. The molecule has 0 radical (unpaired) electrons. The van der Waals surface area contributed by atoms with Crippen molar-refractivity contribution in [3.8, 4) is 0 Å². The van der Waals surface area contributed by atoms with E-state index in [0.29, 0.717) is 18.1 Å². The molecule has 0 saturated carbocycles. The maximum absolute atomic E-state index is 12.5. The Morgan fingerprint density at radius 3 is 2.76 bits per heavy atom. The van der Waals surface area contributed by atoms with Crippen LogP contribution in [0.25, 0.3) is 0 Å². The van der Waals surface area contributed by atoms with E-state index < -0.39 is 11.7 Å². The standard InChI is InChI=1S/C11H12F3N3/c1-7-3-4-15-9-5-8(11(12,13)14)6-16-10(9)17(7)2/h3,5-6,15H,4H2,1-2H3. The van der Waals surface area contributed by atoms with E-state index in [0.717, 1.165) is 18.0 Å². The number of fused-ring (bicyclic) bond motifs is 1. The highest BCUT2D eigenvalue weighted by Gasteiger charge is 2.32. The molecular formula is C11H12F3N3. The minimum Gasteiger partial charge on any atom is -0.378 e. The number of nitrogens with zero attached hydrogens (tertiary/aromatic N) is 2. The van der Waals surface area contributed by atoms with Gasteiger partial charge < -0.3 is 10.2 Å². The van der Waals surface area contributed by atoms with Crippen LogP contribution in [0.4, 0.5) is 24.7 Å². The second kappa shape index (κ2) is 3.94. The van der Waals surface area contributed by atoms with E-state index in [2.05, 4.69) is 10.3 Å². The number of aromatic nitrogens is 1. The third-order valence-corrected chi connectivity index (χ3v) is 2.73. The molecule has 0 spiro atoms. The van der Waals surface area contributed by atoms with E-state index in [9.17, 15) is 13.2 Å². The van der Waals surface area contributed by atoms with Crippen molar-refractivity contribution in [1.82, 2.24) is 4.98 Å². The van der Waals surface area contributed by atoms with Gasteiger partial charge in [-0.3, -0.25) is 0 Å². The molecule has 2 heterocycles. The Hall–Kier alpha value is -1.72. The summed E-state index contributed by atoms with van der Waals surface area (Å²) in [4.78, 5) is 5.64. The molecule has 0 aromatic carbocycles. The molecule has 2 rings (SSSR count). The first-order valence-corrected chi connectivity index (χ1v) is 5.11. The van der Waals surface area contributed by atoms with Crippen molar-refractivity contribution in [3.63, 3.8) is 0 Å². The van der Waals surface area contributed by atoms with Gasteiger partial charge in [0.05, 0.1) is 11.3 Å². The number of halogens is 3. The molecule has 0 unspecified atom stereocenters. The number of hydrogen-bond acceptors (Lipinski definition) is 3. The molecule has 1 N–H and O–H groups in total. The van der Waals surface area contributed by atoms with Crippen LogP contribution in [0.1, 0.15) is 12.5 Å². The van der Waals surface area contributed by atoms with E-state index in [-0.39, 0.29) is 0 Å². The van der Waals surface area contributed by atoms with Gasteiger partial charge in [0.2, 0.25) is 0 Å². The van der Waals surface area contributed by atoms with E-state index in [4.69, 9.17) is 0 Å². The van der Waals surface area contributed by atoms with Crippen LogP contribution in [0.15, 0.2) is 24.0 Å². The Bertz CT molecular complexity index is 466. The molecule has 17 heavy (non-hydrogen) atoms. The molecular weight excluding hydrogens is 231 g/mol. The lowest BCUT2D eigenvalue weighted by Crippen LogP contribution is -2.16. The fraction of sp³-hybridized carbons (Fsp3) is 0.364. The first-order valence-electron chi connectivity index (χ1n) is 5.11. The average Bonchev–Trinajstić information content (AvgIpc) is 2.38. The zero-order chi connectivity index (χ0) is 12.6. The predicted molar refractivity (Wildman–Crippen MR) is 59.9 cm³/mol. The van der Waals surface area contributed by atoms with Gasteiger partial charge in [-0.1, -0.05) is 0 Å². The number of rotatable bonds is 0. The summed E-state index contributed by atoms with van der Waals surface area (Å²) in [5, 5.41) is 2.92. The first-order chi connectivity index (χ1) is 7.89. The molecule has 0 saturated heterocycles. The summed E-state index contributed by atoms with van der Waals surface area (Å²) in [6.45, 7) is 2.38. The maximum Gasteiger partial charge on any atom is 0.417 e. The number of pyridine rings is 1. The summed E-state index contributed by atoms with van der Waals surface area (Å²) >= 11 is 0. The highest BCUT2D eigenvalue weighted by atomic mass is 19.4. The van der Waals surface area contributed by atoms with E-state index in [1.54, 1.807) is 11.9 Å². The summed E-state index contributed by atoms with van der Waals surface area (Å²) in [5.74, 6) is 0.504. The molecule has 0 atom stereocenters. The molecule has 0 fully saturated rings. The lowest BCUT2D eigenvalue weighted by Gasteiger charge is -2.20. The Kier molecular flexibility index (Phi) is 2.73. The maximum atomic E-state index is 12.5. The number of alkyl halides is 3. The van der Waals surface area contributed by atoms with Gasteiger partial charge >= 0.3 is 6.18 Å². The third-order valence-electron chi connectivity index (χ3n) is 2.73. The Morgan fingerprint density at radius 1 is 1.41 bits per heavy atom. The quantitative estimate of drug-likeness (QED) is 0.759. The largest absolute Gasteiger partial charge is 0.417 e. The summed E-state index contributed by atoms with van der Waals surface area (Å²) in [5.41, 5.74) is 0.607. The van der Waals surface area contributed by atoms with Crippen molar-refractivity contribution in [1.29, 1.82) is 0 Å². The molecule has 1 aromatic heterocycles. The van der Waals surface area contributed by atoms with E-state index in [1.807, 2.05) is 13.0 Å². The van der Waals surface area contributed by atoms with E-state index in [1.165, 1.54) is 0 Å². The molecule has 1 aliphatic rings. The molecule has 0 aliphatic carbocycles. The van der Waals surface area contributed by atoms with Crippen LogP contribution in [0.3, 0.4) is 0 Å². The first kappa shape index (κ1) is 11.8. The second-order valence-electron chi connectivity index (χ2n) is 3.88. The molecule has 1 aromatic rings. The molecule has 0 amide bonds.